The minimum absolute atomic E-state index is 0.000516. The summed E-state index contributed by atoms with van der Waals surface area (Å²) in [5.41, 5.74) is 1.36. The van der Waals surface area contributed by atoms with Crippen LogP contribution in [0.15, 0.2) is 43.0 Å². The number of aromatic nitrogens is 2. The van der Waals surface area contributed by atoms with Gasteiger partial charge in [-0.3, -0.25) is 4.79 Å². The molecule has 0 fully saturated rings. The van der Waals surface area contributed by atoms with E-state index in [-0.39, 0.29) is 18.6 Å². The number of hydrogen-bond acceptors (Lipinski definition) is 3. The van der Waals surface area contributed by atoms with Gasteiger partial charge in [-0.1, -0.05) is 11.8 Å². The Kier molecular flexibility index (Phi) is 5.13. The lowest BCUT2D eigenvalue weighted by Crippen LogP contribution is -2.35. The van der Waals surface area contributed by atoms with E-state index in [0.717, 1.165) is 5.56 Å². The van der Waals surface area contributed by atoms with E-state index < -0.39 is 0 Å². The van der Waals surface area contributed by atoms with Crippen LogP contribution in [0.25, 0.3) is 0 Å². The van der Waals surface area contributed by atoms with Crippen LogP contribution in [0.4, 0.5) is 0 Å². The molecule has 2 rings (SSSR count). The van der Waals surface area contributed by atoms with Gasteiger partial charge < -0.3 is 15.0 Å². The van der Waals surface area contributed by atoms with E-state index in [9.17, 15) is 4.79 Å². The smallest absolute Gasteiger partial charge is 0.251 e. The number of imidazole rings is 1. The first kappa shape index (κ1) is 14.8. The van der Waals surface area contributed by atoms with Gasteiger partial charge in [0.2, 0.25) is 0 Å². The van der Waals surface area contributed by atoms with Gasteiger partial charge >= 0.3 is 0 Å². The van der Waals surface area contributed by atoms with E-state index in [0.29, 0.717) is 12.1 Å². The van der Waals surface area contributed by atoms with Crippen LogP contribution in [0, 0.1) is 11.8 Å². The van der Waals surface area contributed by atoms with E-state index in [1.54, 1.807) is 36.8 Å². The molecule has 1 aromatic heterocycles. The molecular formula is C16H17N3O2. The van der Waals surface area contributed by atoms with Crippen molar-refractivity contribution in [3.05, 3.63) is 54.1 Å². The number of nitrogens with one attached hydrogen (secondary N) is 1. The Morgan fingerprint density at radius 2 is 2.19 bits per heavy atom. The molecule has 108 valence electrons. The Morgan fingerprint density at radius 3 is 2.81 bits per heavy atom. The van der Waals surface area contributed by atoms with Crippen LogP contribution in [0.2, 0.25) is 0 Å². The van der Waals surface area contributed by atoms with Crippen LogP contribution in [0.1, 0.15) is 22.8 Å². The number of aliphatic hydroxyl groups excluding tert-OH is 1. The maximum atomic E-state index is 12.1. The second-order valence-electron chi connectivity index (χ2n) is 4.67. The molecule has 1 amide bonds. The summed E-state index contributed by atoms with van der Waals surface area (Å²) < 4.78 is 1.92. The third kappa shape index (κ3) is 4.48. The second-order valence-corrected chi connectivity index (χ2v) is 4.67. The number of benzene rings is 1. The zero-order chi connectivity index (χ0) is 15.1. The molecule has 2 N–H and O–H groups in total. The molecule has 0 aliphatic rings. The number of amides is 1. The van der Waals surface area contributed by atoms with Crippen LogP contribution >= 0.6 is 0 Å². The third-order valence-electron chi connectivity index (χ3n) is 2.88. The normalized spacial score (nSPS) is 11.3. The molecule has 0 saturated heterocycles. The first-order chi connectivity index (χ1) is 10.2. The molecule has 1 aromatic carbocycles. The van der Waals surface area contributed by atoms with E-state index in [4.69, 9.17) is 5.11 Å². The van der Waals surface area contributed by atoms with Gasteiger partial charge in [0.1, 0.15) is 6.61 Å². The summed E-state index contributed by atoms with van der Waals surface area (Å²) in [6.45, 7) is 2.44. The van der Waals surface area contributed by atoms with E-state index in [1.807, 2.05) is 17.7 Å². The molecule has 0 saturated carbocycles. The largest absolute Gasteiger partial charge is 0.384 e. The number of hydrogen-bond donors (Lipinski definition) is 2. The Balaban J connectivity index is 1.93. The molecule has 0 spiro atoms. The van der Waals surface area contributed by atoms with Crippen LogP contribution in [0.3, 0.4) is 0 Å². The van der Waals surface area contributed by atoms with Crippen molar-refractivity contribution in [2.24, 2.45) is 0 Å². The lowest BCUT2D eigenvalue weighted by molar-refractivity contribution is 0.0936. The molecule has 2 aromatic rings. The quantitative estimate of drug-likeness (QED) is 0.824. The fourth-order valence-corrected chi connectivity index (χ4v) is 1.91. The number of aliphatic hydroxyl groups is 1. The standard InChI is InChI=1S/C16H17N3O2/c1-13(11-19-9-8-17-12-19)18-16(21)15-6-4-14(5-7-15)3-2-10-20/h4-9,12-13,20H,10-11H2,1H3,(H,18,21). The molecule has 0 aliphatic heterocycles. The lowest BCUT2D eigenvalue weighted by Gasteiger charge is -2.14. The van der Waals surface area contributed by atoms with Gasteiger partial charge in [0.15, 0.2) is 0 Å². The summed E-state index contributed by atoms with van der Waals surface area (Å²) in [6, 6.07) is 6.97. The molecule has 5 nitrogen and oxygen atoms in total. The van der Waals surface area contributed by atoms with Crippen molar-refractivity contribution in [3.8, 4) is 11.8 Å². The van der Waals surface area contributed by atoms with Crippen LogP contribution < -0.4 is 5.32 Å². The fourth-order valence-electron chi connectivity index (χ4n) is 1.91. The summed E-state index contributed by atoms with van der Waals surface area (Å²) in [5, 5.41) is 11.6. The fraction of sp³-hybridized carbons (Fsp3) is 0.250. The zero-order valence-electron chi connectivity index (χ0n) is 11.8. The van der Waals surface area contributed by atoms with Crippen LogP contribution in [-0.2, 0) is 6.54 Å². The predicted molar refractivity (Wildman–Crippen MR) is 79.6 cm³/mol. The first-order valence-electron chi connectivity index (χ1n) is 6.65. The topological polar surface area (TPSA) is 67.2 Å². The highest BCUT2D eigenvalue weighted by molar-refractivity contribution is 5.94. The monoisotopic (exact) mass is 283 g/mol. The highest BCUT2D eigenvalue weighted by Gasteiger charge is 2.09. The summed E-state index contributed by atoms with van der Waals surface area (Å²) in [7, 11) is 0. The Labute approximate surface area is 123 Å². The molecular weight excluding hydrogens is 266 g/mol. The maximum Gasteiger partial charge on any atom is 0.251 e. The molecule has 0 aliphatic carbocycles. The molecule has 0 radical (unpaired) electrons. The first-order valence-corrected chi connectivity index (χ1v) is 6.65. The SMILES string of the molecule is CC(Cn1ccnc1)NC(=O)c1ccc(C#CCO)cc1. The van der Waals surface area contributed by atoms with Gasteiger partial charge in [0.05, 0.1) is 6.33 Å². The Morgan fingerprint density at radius 1 is 1.43 bits per heavy atom. The van der Waals surface area contributed by atoms with Crippen molar-refractivity contribution >= 4 is 5.91 Å². The van der Waals surface area contributed by atoms with Crippen molar-refractivity contribution in [2.45, 2.75) is 19.5 Å². The molecule has 1 atom stereocenters. The summed E-state index contributed by atoms with van der Waals surface area (Å²) in [5.74, 6) is 5.23. The van der Waals surface area contributed by atoms with Crippen LogP contribution in [-0.4, -0.2) is 33.2 Å². The summed E-state index contributed by atoms with van der Waals surface area (Å²) in [4.78, 5) is 16.1. The van der Waals surface area contributed by atoms with Crippen molar-refractivity contribution in [1.29, 1.82) is 0 Å². The van der Waals surface area contributed by atoms with Crippen LogP contribution in [0.5, 0.6) is 0 Å². The Bertz CT molecular complexity index is 636. The molecule has 0 bridgehead atoms. The van der Waals surface area contributed by atoms with Crippen molar-refractivity contribution in [3.63, 3.8) is 0 Å². The van der Waals surface area contributed by atoms with E-state index >= 15 is 0 Å². The minimum atomic E-state index is -0.173. The van der Waals surface area contributed by atoms with E-state index in [2.05, 4.69) is 22.1 Å². The molecule has 1 heterocycles. The van der Waals surface area contributed by atoms with Crippen molar-refractivity contribution < 1.29 is 9.90 Å². The lowest BCUT2D eigenvalue weighted by atomic mass is 10.1. The number of rotatable bonds is 4. The third-order valence-corrected chi connectivity index (χ3v) is 2.88. The van der Waals surface area contributed by atoms with Crippen molar-refractivity contribution in [2.75, 3.05) is 6.61 Å². The zero-order valence-corrected chi connectivity index (χ0v) is 11.8. The maximum absolute atomic E-state index is 12.1. The van der Waals surface area contributed by atoms with Gasteiger partial charge in [-0.25, -0.2) is 4.98 Å². The van der Waals surface area contributed by atoms with Crippen molar-refractivity contribution in [1.82, 2.24) is 14.9 Å². The van der Waals surface area contributed by atoms with Gasteiger partial charge in [-0.05, 0) is 31.2 Å². The average molecular weight is 283 g/mol. The highest BCUT2D eigenvalue weighted by atomic mass is 16.2. The Hall–Kier alpha value is -2.58. The highest BCUT2D eigenvalue weighted by Crippen LogP contribution is 2.04. The minimum Gasteiger partial charge on any atom is -0.384 e. The summed E-state index contributed by atoms with van der Waals surface area (Å²) in [6.07, 6.45) is 5.29. The summed E-state index contributed by atoms with van der Waals surface area (Å²) >= 11 is 0. The average Bonchev–Trinajstić information content (AvgIpc) is 2.98. The second kappa shape index (κ2) is 7.27. The van der Waals surface area contributed by atoms with E-state index in [1.165, 1.54) is 0 Å². The van der Waals surface area contributed by atoms with Gasteiger partial charge in [0.25, 0.3) is 5.91 Å². The number of carbonyl (C=O) groups is 1. The predicted octanol–water partition coefficient (Wildman–Crippen LogP) is 1.05. The number of carbonyl (C=O) groups excluding carboxylic acids is 1. The van der Waals surface area contributed by atoms with Gasteiger partial charge in [-0.15, -0.1) is 0 Å². The molecule has 21 heavy (non-hydrogen) atoms. The number of nitrogens with zero attached hydrogens (tertiary/aromatic N) is 2. The van der Waals surface area contributed by atoms with Gasteiger partial charge in [-0.2, -0.15) is 0 Å². The molecule has 5 heteroatoms. The van der Waals surface area contributed by atoms with Gasteiger partial charge in [0, 0.05) is 36.1 Å². The molecule has 1 unspecified atom stereocenters.